The highest BCUT2D eigenvalue weighted by molar-refractivity contribution is 5.45. The summed E-state index contributed by atoms with van der Waals surface area (Å²) in [5.41, 5.74) is 3.12. The standard InChI is InChI=1S/C19H27N9/c1-14-11-15(2)28(23-14)19-12-18(20-16(3)21-19)27-9-7-26(8-10-27)6-5-17-13-25(4)24-22-17/h11-13H,5-10H2,1-4H3. The van der Waals surface area contributed by atoms with Gasteiger partial charge in [-0.3, -0.25) is 9.58 Å². The molecule has 9 nitrogen and oxygen atoms in total. The lowest BCUT2D eigenvalue weighted by Crippen LogP contribution is -2.47. The number of rotatable bonds is 5. The number of anilines is 1. The fourth-order valence-corrected chi connectivity index (χ4v) is 3.65. The number of hydrogen-bond acceptors (Lipinski definition) is 7. The summed E-state index contributed by atoms with van der Waals surface area (Å²) in [4.78, 5) is 14.1. The Balaban J connectivity index is 1.41. The molecule has 9 heteroatoms. The highest BCUT2D eigenvalue weighted by atomic mass is 15.4. The first-order valence-corrected chi connectivity index (χ1v) is 9.70. The molecule has 0 aromatic carbocycles. The van der Waals surface area contributed by atoms with Crippen molar-refractivity contribution in [2.24, 2.45) is 7.05 Å². The molecular formula is C19H27N9. The Morgan fingerprint density at radius 1 is 0.964 bits per heavy atom. The molecule has 0 unspecified atom stereocenters. The third-order valence-electron chi connectivity index (χ3n) is 5.07. The summed E-state index contributed by atoms with van der Waals surface area (Å²) in [7, 11) is 1.90. The molecule has 0 spiro atoms. The quantitative estimate of drug-likeness (QED) is 0.654. The molecule has 0 atom stereocenters. The molecule has 3 aromatic rings. The van der Waals surface area contributed by atoms with Gasteiger partial charge in [-0.25, -0.2) is 14.6 Å². The van der Waals surface area contributed by atoms with E-state index in [-0.39, 0.29) is 0 Å². The third-order valence-corrected chi connectivity index (χ3v) is 5.07. The molecule has 0 radical (unpaired) electrons. The fourth-order valence-electron chi connectivity index (χ4n) is 3.65. The van der Waals surface area contributed by atoms with E-state index in [1.807, 2.05) is 44.8 Å². The van der Waals surface area contributed by atoms with E-state index >= 15 is 0 Å². The molecule has 4 rings (SSSR count). The van der Waals surface area contributed by atoms with Gasteiger partial charge in [-0.2, -0.15) is 5.10 Å². The molecule has 1 fully saturated rings. The largest absolute Gasteiger partial charge is 0.354 e. The van der Waals surface area contributed by atoms with Crippen LogP contribution < -0.4 is 4.90 Å². The molecule has 148 valence electrons. The van der Waals surface area contributed by atoms with E-state index in [1.165, 1.54) is 0 Å². The summed E-state index contributed by atoms with van der Waals surface area (Å²) >= 11 is 0. The van der Waals surface area contributed by atoms with Crippen LogP contribution in [0.3, 0.4) is 0 Å². The van der Waals surface area contributed by atoms with Crippen LogP contribution in [0.1, 0.15) is 22.9 Å². The molecule has 0 amide bonds. The Hall–Kier alpha value is -2.81. The van der Waals surface area contributed by atoms with Crippen molar-refractivity contribution in [2.45, 2.75) is 27.2 Å². The average molecular weight is 381 g/mol. The van der Waals surface area contributed by atoms with E-state index in [0.717, 1.165) is 73.7 Å². The Bertz CT molecular complexity index is 950. The van der Waals surface area contributed by atoms with E-state index in [0.29, 0.717) is 0 Å². The van der Waals surface area contributed by atoms with Gasteiger partial charge in [-0.1, -0.05) is 5.21 Å². The van der Waals surface area contributed by atoms with E-state index in [1.54, 1.807) is 4.68 Å². The molecule has 3 aromatic heterocycles. The van der Waals surface area contributed by atoms with Crippen LogP contribution in [0.4, 0.5) is 5.82 Å². The molecule has 28 heavy (non-hydrogen) atoms. The highest BCUT2D eigenvalue weighted by Gasteiger charge is 2.20. The molecule has 4 heterocycles. The lowest BCUT2D eigenvalue weighted by atomic mass is 10.2. The smallest absolute Gasteiger partial charge is 0.159 e. The topological polar surface area (TPSA) is 80.8 Å². The summed E-state index contributed by atoms with van der Waals surface area (Å²) in [6.45, 7) is 10.9. The Kier molecular flexibility index (Phi) is 5.08. The first kappa shape index (κ1) is 18.5. The van der Waals surface area contributed by atoms with Crippen LogP contribution in [0.2, 0.25) is 0 Å². The zero-order valence-electron chi connectivity index (χ0n) is 17.0. The van der Waals surface area contributed by atoms with Crippen LogP contribution in [0.15, 0.2) is 18.3 Å². The van der Waals surface area contributed by atoms with Gasteiger partial charge in [-0.05, 0) is 26.8 Å². The van der Waals surface area contributed by atoms with Crippen LogP contribution in [0.5, 0.6) is 0 Å². The van der Waals surface area contributed by atoms with Crippen LogP contribution in [-0.4, -0.2) is 72.4 Å². The Labute approximate surface area is 165 Å². The van der Waals surface area contributed by atoms with Gasteiger partial charge in [0.25, 0.3) is 0 Å². The number of nitrogens with zero attached hydrogens (tertiary/aromatic N) is 9. The summed E-state index contributed by atoms with van der Waals surface area (Å²) in [5.74, 6) is 2.58. The predicted octanol–water partition coefficient (Wildman–Crippen LogP) is 1.08. The van der Waals surface area contributed by atoms with E-state index < -0.39 is 0 Å². The van der Waals surface area contributed by atoms with Crippen molar-refractivity contribution >= 4 is 5.82 Å². The van der Waals surface area contributed by atoms with Crippen molar-refractivity contribution in [3.8, 4) is 5.82 Å². The fraction of sp³-hybridized carbons (Fsp3) is 0.526. The van der Waals surface area contributed by atoms with Crippen molar-refractivity contribution in [1.29, 1.82) is 0 Å². The number of aryl methyl sites for hydroxylation is 4. The minimum Gasteiger partial charge on any atom is -0.354 e. The molecule has 1 saturated heterocycles. The number of hydrogen-bond donors (Lipinski definition) is 0. The molecular weight excluding hydrogens is 354 g/mol. The van der Waals surface area contributed by atoms with E-state index in [9.17, 15) is 0 Å². The van der Waals surface area contributed by atoms with Crippen LogP contribution in [0, 0.1) is 20.8 Å². The van der Waals surface area contributed by atoms with Gasteiger partial charge in [0.05, 0.1) is 11.4 Å². The van der Waals surface area contributed by atoms with Crippen molar-refractivity contribution < 1.29 is 0 Å². The first-order chi connectivity index (χ1) is 13.5. The lowest BCUT2D eigenvalue weighted by molar-refractivity contribution is 0.259. The van der Waals surface area contributed by atoms with Gasteiger partial charge in [-0.15, -0.1) is 5.10 Å². The molecule has 1 aliphatic rings. The summed E-state index contributed by atoms with van der Waals surface area (Å²) in [6.07, 6.45) is 2.92. The van der Waals surface area contributed by atoms with Gasteiger partial charge in [0.1, 0.15) is 11.6 Å². The first-order valence-electron chi connectivity index (χ1n) is 9.70. The normalized spacial score (nSPS) is 15.4. The molecule has 0 saturated carbocycles. The van der Waals surface area contributed by atoms with Crippen LogP contribution in [0.25, 0.3) is 5.82 Å². The zero-order chi connectivity index (χ0) is 19.7. The van der Waals surface area contributed by atoms with Gasteiger partial charge in [0, 0.05) is 64.1 Å². The number of aromatic nitrogens is 7. The summed E-state index contributed by atoms with van der Waals surface area (Å²) in [5, 5.41) is 12.7. The van der Waals surface area contributed by atoms with Crippen LogP contribution >= 0.6 is 0 Å². The predicted molar refractivity (Wildman–Crippen MR) is 107 cm³/mol. The highest BCUT2D eigenvalue weighted by Crippen LogP contribution is 2.19. The average Bonchev–Trinajstić information content (AvgIpc) is 3.24. The number of piperazine rings is 1. The maximum Gasteiger partial charge on any atom is 0.159 e. The summed E-state index contributed by atoms with van der Waals surface area (Å²) in [6, 6.07) is 4.11. The van der Waals surface area contributed by atoms with Crippen molar-refractivity contribution in [3.05, 3.63) is 41.2 Å². The maximum absolute atomic E-state index is 4.68. The SMILES string of the molecule is Cc1cc(C)n(-c2cc(N3CCN(CCc4cn(C)nn4)CC3)nc(C)n2)n1. The second-order valence-electron chi connectivity index (χ2n) is 7.43. The van der Waals surface area contributed by atoms with E-state index in [4.69, 9.17) is 0 Å². The van der Waals surface area contributed by atoms with Gasteiger partial charge in [0.15, 0.2) is 5.82 Å². The second kappa shape index (κ2) is 7.67. The second-order valence-corrected chi connectivity index (χ2v) is 7.43. The zero-order valence-corrected chi connectivity index (χ0v) is 17.0. The maximum atomic E-state index is 4.68. The molecule has 0 aliphatic carbocycles. The minimum absolute atomic E-state index is 0.769. The van der Waals surface area contributed by atoms with Gasteiger partial charge < -0.3 is 4.90 Å². The third kappa shape index (κ3) is 4.04. The summed E-state index contributed by atoms with van der Waals surface area (Å²) < 4.78 is 3.65. The lowest BCUT2D eigenvalue weighted by Gasteiger charge is -2.35. The van der Waals surface area contributed by atoms with Gasteiger partial charge >= 0.3 is 0 Å². The van der Waals surface area contributed by atoms with E-state index in [2.05, 4.69) is 41.2 Å². The Morgan fingerprint density at radius 2 is 1.71 bits per heavy atom. The van der Waals surface area contributed by atoms with Crippen molar-refractivity contribution in [3.63, 3.8) is 0 Å². The van der Waals surface area contributed by atoms with Crippen molar-refractivity contribution in [1.82, 2.24) is 39.6 Å². The molecule has 1 aliphatic heterocycles. The molecule has 0 N–H and O–H groups in total. The molecule has 0 bridgehead atoms. The van der Waals surface area contributed by atoms with Crippen LogP contribution in [-0.2, 0) is 13.5 Å². The van der Waals surface area contributed by atoms with Crippen molar-refractivity contribution in [2.75, 3.05) is 37.6 Å². The minimum atomic E-state index is 0.769. The monoisotopic (exact) mass is 381 g/mol. The Morgan fingerprint density at radius 3 is 2.36 bits per heavy atom. The van der Waals surface area contributed by atoms with Gasteiger partial charge in [0.2, 0.25) is 0 Å².